The number of nitrogens with zero attached hydrogens (tertiary/aromatic N) is 1. The van der Waals surface area contributed by atoms with Gasteiger partial charge in [-0.15, -0.1) is 0 Å². The van der Waals surface area contributed by atoms with Crippen LogP contribution in [0.5, 0.6) is 0 Å². The van der Waals surface area contributed by atoms with E-state index in [9.17, 15) is 9.18 Å². The van der Waals surface area contributed by atoms with Gasteiger partial charge < -0.3 is 10.2 Å². The average Bonchev–Trinajstić information content (AvgIpc) is 2.68. The molecule has 1 N–H and O–H groups in total. The summed E-state index contributed by atoms with van der Waals surface area (Å²) in [7, 11) is 1.66. The molecule has 144 valence electrons. The van der Waals surface area contributed by atoms with Crippen LogP contribution in [0.25, 0.3) is 0 Å². The maximum absolute atomic E-state index is 14.5. The quantitative estimate of drug-likeness (QED) is 0.876. The lowest BCUT2D eigenvalue weighted by molar-refractivity contribution is -0.128. The number of hydrogen-bond donors (Lipinski definition) is 1. The van der Waals surface area contributed by atoms with Crippen LogP contribution < -0.4 is 5.32 Å². The summed E-state index contributed by atoms with van der Waals surface area (Å²) in [5.41, 5.74) is -0.173. The molecule has 0 radical (unpaired) electrons. The molecule has 1 saturated carbocycles. The first-order chi connectivity index (χ1) is 12.5. The lowest BCUT2D eigenvalue weighted by atomic mass is 9.71. The molecule has 3 rings (SSSR count). The van der Waals surface area contributed by atoms with Gasteiger partial charge in [-0.1, -0.05) is 32.0 Å². The number of benzene rings is 1. The van der Waals surface area contributed by atoms with E-state index >= 15 is 0 Å². The summed E-state index contributed by atoms with van der Waals surface area (Å²) in [6.45, 7) is 6.41. The van der Waals surface area contributed by atoms with E-state index in [1.165, 1.54) is 31.7 Å². The Hall–Kier alpha value is -1.42. The van der Waals surface area contributed by atoms with Crippen molar-refractivity contribution in [3.8, 4) is 0 Å². The molecule has 1 aromatic carbocycles. The molecular weight excluding hydrogens is 327 g/mol. The van der Waals surface area contributed by atoms with Crippen LogP contribution in [0, 0.1) is 17.7 Å². The molecule has 4 heteroatoms. The van der Waals surface area contributed by atoms with Crippen LogP contribution in [0.3, 0.4) is 0 Å². The average molecular weight is 361 g/mol. The molecule has 3 nitrogen and oxygen atoms in total. The molecule has 0 unspecified atom stereocenters. The van der Waals surface area contributed by atoms with Gasteiger partial charge in [-0.05, 0) is 69.5 Å². The third-order valence-corrected chi connectivity index (χ3v) is 6.90. The van der Waals surface area contributed by atoms with Gasteiger partial charge in [-0.3, -0.25) is 4.79 Å². The third-order valence-electron chi connectivity index (χ3n) is 6.90. The second kappa shape index (κ2) is 8.08. The van der Waals surface area contributed by atoms with Gasteiger partial charge in [0.05, 0.1) is 5.41 Å². The Labute approximate surface area is 157 Å². The Morgan fingerprint density at radius 2 is 1.77 bits per heavy atom. The van der Waals surface area contributed by atoms with Gasteiger partial charge in [-0.2, -0.15) is 0 Å². The van der Waals surface area contributed by atoms with Crippen LogP contribution in [0.2, 0.25) is 0 Å². The Kier molecular flexibility index (Phi) is 6.01. The Balaban J connectivity index is 1.70. The third kappa shape index (κ3) is 3.66. The predicted octanol–water partition coefficient (Wildman–Crippen LogP) is 4.12. The number of rotatable bonds is 4. The summed E-state index contributed by atoms with van der Waals surface area (Å²) < 4.78 is 14.5. The first-order valence-corrected chi connectivity index (χ1v) is 10.2. The van der Waals surface area contributed by atoms with Crippen molar-refractivity contribution in [2.24, 2.45) is 11.8 Å². The van der Waals surface area contributed by atoms with Crippen molar-refractivity contribution in [1.29, 1.82) is 0 Å². The van der Waals surface area contributed by atoms with Gasteiger partial charge in [0.1, 0.15) is 5.82 Å². The van der Waals surface area contributed by atoms with Crippen molar-refractivity contribution in [3.63, 3.8) is 0 Å². The smallest absolute Gasteiger partial charge is 0.230 e. The lowest BCUT2D eigenvalue weighted by Gasteiger charge is -2.45. The largest absolute Gasteiger partial charge is 0.358 e. The summed E-state index contributed by atoms with van der Waals surface area (Å²) in [5.74, 6) is 1.33. The van der Waals surface area contributed by atoms with E-state index in [1.807, 2.05) is 6.07 Å². The summed E-state index contributed by atoms with van der Waals surface area (Å²) in [6, 6.07) is 7.42. The fraction of sp³-hybridized carbons (Fsp3) is 0.682. The zero-order chi connectivity index (χ0) is 18.7. The molecule has 0 spiro atoms. The van der Waals surface area contributed by atoms with Crippen LogP contribution in [0.4, 0.5) is 4.39 Å². The van der Waals surface area contributed by atoms with E-state index in [0.29, 0.717) is 24.4 Å². The minimum Gasteiger partial charge on any atom is -0.358 e. The summed E-state index contributed by atoms with van der Waals surface area (Å²) in [6.07, 6.45) is 6.53. The molecule has 2 aliphatic rings. The van der Waals surface area contributed by atoms with Crippen molar-refractivity contribution in [1.82, 2.24) is 10.2 Å². The van der Waals surface area contributed by atoms with Crippen LogP contribution in [0.1, 0.15) is 57.9 Å². The molecule has 1 aromatic rings. The second-order valence-corrected chi connectivity index (χ2v) is 8.49. The van der Waals surface area contributed by atoms with Crippen LogP contribution >= 0.6 is 0 Å². The van der Waals surface area contributed by atoms with Crippen molar-refractivity contribution in [2.45, 2.75) is 63.8 Å². The number of carbonyl (C=O) groups excluding carboxylic acids is 1. The molecule has 1 heterocycles. The minimum atomic E-state index is -0.730. The van der Waals surface area contributed by atoms with E-state index in [0.717, 1.165) is 24.9 Å². The van der Waals surface area contributed by atoms with E-state index in [4.69, 9.17) is 0 Å². The van der Waals surface area contributed by atoms with E-state index in [-0.39, 0.29) is 11.7 Å². The number of hydrogen-bond acceptors (Lipinski definition) is 2. The molecule has 1 aliphatic heterocycles. The number of likely N-dealkylation sites (tertiary alicyclic amines) is 1. The zero-order valence-corrected chi connectivity index (χ0v) is 16.4. The summed E-state index contributed by atoms with van der Waals surface area (Å²) in [5, 5.41) is 2.79. The molecule has 0 bridgehead atoms. The van der Waals surface area contributed by atoms with Gasteiger partial charge in [0, 0.05) is 18.7 Å². The van der Waals surface area contributed by atoms with Crippen molar-refractivity contribution in [2.75, 3.05) is 20.1 Å². The molecule has 2 fully saturated rings. The molecule has 26 heavy (non-hydrogen) atoms. The fourth-order valence-corrected chi connectivity index (χ4v) is 5.11. The minimum absolute atomic E-state index is 0.0502. The van der Waals surface area contributed by atoms with E-state index in [2.05, 4.69) is 24.1 Å². The van der Waals surface area contributed by atoms with Crippen LogP contribution in [-0.2, 0) is 10.2 Å². The molecule has 1 amide bonds. The van der Waals surface area contributed by atoms with E-state index < -0.39 is 5.41 Å². The Bertz CT molecular complexity index is 614. The Morgan fingerprint density at radius 3 is 2.31 bits per heavy atom. The highest BCUT2D eigenvalue weighted by Crippen LogP contribution is 2.40. The number of piperidine rings is 1. The van der Waals surface area contributed by atoms with Crippen molar-refractivity contribution < 1.29 is 9.18 Å². The van der Waals surface area contributed by atoms with Crippen LogP contribution in [-0.4, -0.2) is 37.0 Å². The lowest BCUT2D eigenvalue weighted by Crippen LogP contribution is -2.53. The standard InChI is InChI=1S/C22H33FN2O/c1-16(2)17-8-10-18(11-9-17)25-14-12-22(13-15-25,21(26)24-3)19-6-4-5-7-20(19)23/h4-7,16-18H,8-15H2,1-3H3,(H,24,26). The normalized spacial score (nSPS) is 26.7. The monoisotopic (exact) mass is 360 g/mol. The number of halogens is 1. The molecular formula is C22H33FN2O. The summed E-state index contributed by atoms with van der Waals surface area (Å²) in [4.78, 5) is 15.3. The predicted molar refractivity (Wildman–Crippen MR) is 104 cm³/mol. The highest BCUT2D eigenvalue weighted by atomic mass is 19.1. The second-order valence-electron chi connectivity index (χ2n) is 8.49. The van der Waals surface area contributed by atoms with Gasteiger partial charge in [0.2, 0.25) is 5.91 Å². The first-order valence-electron chi connectivity index (χ1n) is 10.2. The van der Waals surface area contributed by atoms with Crippen LogP contribution in [0.15, 0.2) is 24.3 Å². The number of likely N-dealkylation sites (N-methyl/N-ethyl adjacent to an activating group) is 1. The highest BCUT2D eigenvalue weighted by Gasteiger charge is 2.45. The number of amides is 1. The van der Waals surface area contributed by atoms with E-state index in [1.54, 1.807) is 19.2 Å². The molecule has 0 aromatic heterocycles. The van der Waals surface area contributed by atoms with Gasteiger partial charge in [0.25, 0.3) is 0 Å². The topological polar surface area (TPSA) is 32.3 Å². The molecule has 0 atom stereocenters. The number of carbonyl (C=O) groups is 1. The fourth-order valence-electron chi connectivity index (χ4n) is 5.11. The maximum atomic E-state index is 14.5. The van der Waals surface area contributed by atoms with Gasteiger partial charge >= 0.3 is 0 Å². The van der Waals surface area contributed by atoms with Crippen molar-refractivity contribution in [3.05, 3.63) is 35.6 Å². The maximum Gasteiger partial charge on any atom is 0.230 e. The van der Waals surface area contributed by atoms with Crippen molar-refractivity contribution >= 4 is 5.91 Å². The van der Waals surface area contributed by atoms with Gasteiger partial charge in [-0.25, -0.2) is 4.39 Å². The van der Waals surface area contributed by atoms with Gasteiger partial charge in [0.15, 0.2) is 0 Å². The zero-order valence-electron chi connectivity index (χ0n) is 16.4. The molecule has 1 aliphatic carbocycles. The number of nitrogens with one attached hydrogen (secondary N) is 1. The first kappa shape index (κ1) is 19.3. The highest BCUT2D eigenvalue weighted by molar-refractivity contribution is 5.88. The summed E-state index contributed by atoms with van der Waals surface area (Å²) >= 11 is 0. The Morgan fingerprint density at radius 1 is 1.15 bits per heavy atom. The SMILES string of the molecule is CNC(=O)C1(c2ccccc2F)CCN(C2CCC(C(C)C)CC2)CC1. The molecule has 1 saturated heterocycles.